The highest BCUT2D eigenvalue weighted by atomic mass is 35.5. The topological polar surface area (TPSA) is 64.7 Å². The van der Waals surface area contributed by atoms with Gasteiger partial charge in [-0.15, -0.1) is 0 Å². The molecule has 1 aromatic carbocycles. The fraction of sp³-hybridized carbons (Fsp3) is 0.188. The molecule has 3 rings (SSSR count). The highest BCUT2D eigenvalue weighted by molar-refractivity contribution is 6.34. The Kier molecular flexibility index (Phi) is 4.43. The highest BCUT2D eigenvalue weighted by Gasteiger charge is 2.15. The van der Waals surface area contributed by atoms with Crippen LogP contribution in [0.5, 0.6) is 0 Å². The first-order valence-electron chi connectivity index (χ1n) is 7.26. The molecule has 1 amide bonds. The second kappa shape index (κ2) is 6.66. The fourth-order valence-corrected chi connectivity index (χ4v) is 2.47. The summed E-state index contributed by atoms with van der Waals surface area (Å²) in [4.78, 5) is 12.3. The van der Waals surface area contributed by atoms with E-state index in [1.807, 2.05) is 48.1 Å². The van der Waals surface area contributed by atoms with E-state index in [-0.39, 0.29) is 11.6 Å². The zero-order valence-corrected chi connectivity index (χ0v) is 13.4. The predicted octanol–water partition coefficient (Wildman–Crippen LogP) is 3.05. The lowest BCUT2D eigenvalue weighted by molar-refractivity contribution is 0.102. The van der Waals surface area contributed by atoms with Gasteiger partial charge in [0.25, 0.3) is 5.91 Å². The summed E-state index contributed by atoms with van der Waals surface area (Å²) in [6.07, 6.45) is 5.27. The lowest BCUT2D eigenvalue weighted by Crippen LogP contribution is -2.14. The van der Waals surface area contributed by atoms with Crippen LogP contribution in [0.2, 0.25) is 5.02 Å². The molecule has 23 heavy (non-hydrogen) atoms. The maximum atomic E-state index is 12.3. The predicted molar refractivity (Wildman–Crippen MR) is 88.6 cm³/mol. The number of rotatable bonds is 5. The number of amides is 1. The molecule has 1 N–H and O–H groups in total. The maximum Gasteiger partial charge on any atom is 0.277 e. The molecule has 6 nitrogen and oxygen atoms in total. The van der Waals surface area contributed by atoms with E-state index in [0.29, 0.717) is 23.8 Å². The molecular formula is C16H16ClN5O. The Bertz CT molecular complexity index is 810. The van der Waals surface area contributed by atoms with E-state index in [1.54, 1.807) is 17.1 Å². The zero-order valence-electron chi connectivity index (χ0n) is 12.6. The van der Waals surface area contributed by atoms with E-state index in [9.17, 15) is 4.79 Å². The molecule has 0 spiro atoms. The van der Waals surface area contributed by atoms with Gasteiger partial charge in [-0.1, -0.05) is 23.7 Å². The number of anilines is 1. The number of carbonyl (C=O) groups is 1. The van der Waals surface area contributed by atoms with E-state index in [1.165, 1.54) is 0 Å². The molecule has 118 valence electrons. The normalized spacial score (nSPS) is 10.7. The average Bonchev–Trinajstić information content (AvgIpc) is 3.17. The first-order valence-corrected chi connectivity index (χ1v) is 7.64. The maximum absolute atomic E-state index is 12.3. The third kappa shape index (κ3) is 3.60. The van der Waals surface area contributed by atoms with Gasteiger partial charge in [-0.2, -0.15) is 10.2 Å². The Labute approximate surface area is 138 Å². The molecule has 2 aromatic heterocycles. The summed E-state index contributed by atoms with van der Waals surface area (Å²) >= 11 is 6.06. The van der Waals surface area contributed by atoms with Gasteiger partial charge < -0.3 is 5.32 Å². The molecule has 0 radical (unpaired) electrons. The van der Waals surface area contributed by atoms with Crippen LogP contribution in [-0.2, 0) is 13.1 Å². The number of nitrogens with zero attached hydrogens (tertiary/aromatic N) is 4. The Morgan fingerprint density at radius 2 is 2.17 bits per heavy atom. The van der Waals surface area contributed by atoms with Crippen molar-refractivity contribution < 1.29 is 4.79 Å². The first kappa shape index (κ1) is 15.3. The van der Waals surface area contributed by atoms with E-state index in [4.69, 9.17) is 11.6 Å². The lowest BCUT2D eigenvalue weighted by Gasteiger charge is -2.07. The van der Waals surface area contributed by atoms with E-state index < -0.39 is 0 Å². The quantitative estimate of drug-likeness (QED) is 0.782. The molecule has 0 atom stereocenters. The number of aromatic nitrogens is 4. The van der Waals surface area contributed by atoms with Crippen LogP contribution in [0.4, 0.5) is 5.69 Å². The average molecular weight is 330 g/mol. The van der Waals surface area contributed by atoms with Crippen molar-refractivity contribution in [3.8, 4) is 0 Å². The summed E-state index contributed by atoms with van der Waals surface area (Å²) in [6.45, 7) is 3.23. The molecule has 0 unspecified atom stereocenters. The van der Waals surface area contributed by atoms with Crippen molar-refractivity contribution in [1.29, 1.82) is 0 Å². The van der Waals surface area contributed by atoms with Crippen LogP contribution in [0.15, 0.2) is 48.9 Å². The van der Waals surface area contributed by atoms with Gasteiger partial charge in [-0.3, -0.25) is 14.2 Å². The SMILES string of the molecule is CCn1cc(Cl)c(C(=O)Nc2cccc(Cn3cccn3)c2)n1. The smallest absolute Gasteiger partial charge is 0.277 e. The standard InChI is InChI=1S/C16H16ClN5O/c1-2-21-11-14(17)15(20-21)16(23)19-13-6-3-5-12(9-13)10-22-8-4-7-18-22/h3-9,11H,2,10H2,1H3,(H,19,23). The summed E-state index contributed by atoms with van der Waals surface area (Å²) in [6, 6.07) is 9.48. The zero-order chi connectivity index (χ0) is 16.2. The number of carbonyl (C=O) groups excluding carboxylic acids is 1. The van der Waals surface area contributed by atoms with Crippen molar-refractivity contribution in [3.63, 3.8) is 0 Å². The van der Waals surface area contributed by atoms with Gasteiger partial charge in [0, 0.05) is 30.8 Å². The van der Waals surface area contributed by atoms with Crippen molar-refractivity contribution in [1.82, 2.24) is 19.6 Å². The minimum atomic E-state index is -0.321. The molecule has 0 saturated carbocycles. The second-order valence-corrected chi connectivity index (χ2v) is 5.45. The summed E-state index contributed by atoms with van der Waals surface area (Å²) in [5.74, 6) is -0.321. The third-order valence-corrected chi connectivity index (χ3v) is 3.62. The largest absolute Gasteiger partial charge is 0.321 e. The van der Waals surface area contributed by atoms with Crippen LogP contribution in [-0.4, -0.2) is 25.5 Å². The molecule has 0 fully saturated rings. The van der Waals surface area contributed by atoms with Gasteiger partial charge in [0.05, 0.1) is 11.6 Å². The molecule has 7 heteroatoms. The Balaban J connectivity index is 1.74. The molecule has 0 bridgehead atoms. The molecule has 2 heterocycles. The van der Waals surface area contributed by atoms with Crippen LogP contribution in [0, 0.1) is 0 Å². The van der Waals surface area contributed by atoms with Crippen molar-refractivity contribution in [2.75, 3.05) is 5.32 Å². The first-order chi connectivity index (χ1) is 11.2. The number of hydrogen-bond acceptors (Lipinski definition) is 3. The number of aryl methyl sites for hydroxylation is 1. The van der Waals surface area contributed by atoms with Crippen LogP contribution in [0.3, 0.4) is 0 Å². The summed E-state index contributed by atoms with van der Waals surface area (Å²) in [7, 11) is 0. The second-order valence-electron chi connectivity index (χ2n) is 5.04. The molecule has 0 aliphatic heterocycles. The van der Waals surface area contributed by atoms with Gasteiger partial charge in [-0.05, 0) is 30.7 Å². The van der Waals surface area contributed by atoms with E-state index in [2.05, 4.69) is 15.5 Å². The molecule has 0 aliphatic rings. The van der Waals surface area contributed by atoms with Gasteiger partial charge in [0.1, 0.15) is 0 Å². The Morgan fingerprint density at radius 3 is 2.87 bits per heavy atom. The van der Waals surface area contributed by atoms with Crippen LogP contribution >= 0.6 is 11.6 Å². The van der Waals surface area contributed by atoms with Crippen molar-refractivity contribution in [2.24, 2.45) is 0 Å². The summed E-state index contributed by atoms with van der Waals surface area (Å²) in [5.41, 5.74) is 1.96. The fourth-order valence-electron chi connectivity index (χ4n) is 2.23. The molecular weight excluding hydrogens is 314 g/mol. The molecule has 0 aliphatic carbocycles. The molecule has 3 aromatic rings. The van der Waals surface area contributed by atoms with Crippen LogP contribution in [0.1, 0.15) is 23.0 Å². The van der Waals surface area contributed by atoms with Crippen LogP contribution in [0.25, 0.3) is 0 Å². The van der Waals surface area contributed by atoms with E-state index >= 15 is 0 Å². The monoisotopic (exact) mass is 329 g/mol. The minimum absolute atomic E-state index is 0.228. The number of halogens is 1. The molecule has 0 saturated heterocycles. The van der Waals surface area contributed by atoms with Crippen molar-refractivity contribution in [2.45, 2.75) is 20.0 Å². The van der Waals surface area contributed by atoms with Gasteiger partial charge >= 0.3 is 0 Å². The number of benzene rings is 1. The Morgan fingerprint density at radius 1 is 1.30 bits per heavy atom. The van der Waals surface area contributed by atoms with Gasteiger partial charge in [-0.25, -0.2) is 0 Å². The van der Waals surface area contributed by atoms with Crippen molar-refractivity contribution in [3.05, 3.63) is 65.2 Å². The summed E-state index contributed by atoms with van der Waals surface area (Å²) in [5, 5.41) is 11.5. The summed E-state index contributed by atoms with van der Waals surface area (Å²) < 4.78 is 3.45. The third-order valence-electron chi connectivity index (χ3n) is 3.34. The minimum Gasteiger partial charge on any atom is -0.321 e. The number of nitrogens with one attached hydrogen (secondary N) is 1. The Hall–Kier alpha value is -2.60. The van der Waals surface area contributed by atoms with Crippen LogP contribution < -0.4 is 5.32 Å². The van der Waals surface area contributed by atoms with Crippen molar-refractivity contribution >= 4 is 23.2 Å². The van der Waals surface area contributed by atoms with Gasteiger partial charge in [0.2, 0.25) is 0 Å². The van der Waals surface area contributed by atoms with Gasteiger partial charge in [0.15, 0.2) is 5.69 Å². The van der Waals surface area contributed by atoms with E-state index in [0.717, 1.165) is 5.56 Å². The highest BCUT2D eigenvalue weighted by Crippen LogP contribution is 2.17. The lowest BCUT2D eigenvalue weighted by atomic mass is 10.2. The number of hydrogen-bond donors (Lipinski definition) is 1.